The third-order valence-corrected chi connectivity index (χ3v) is 3.52. The number of ether oxygens (including phenoxy) is 1. The minimum Gasteiger partial charge on any atom is -0.382 e. The number of anilines is 1. The molecule has 1 aliphatic heterocycles. The molecular formula is C12H11ClN4O3. The highest BCUT2D eigenvalue weighted by atomic mass is 35.5. The zero-order chi connectivity index (χ0) is 14.3. The van der Waals surface area contributed by atoms with Crippen LogP contribution in [0.5, 0.6) is 0 Å². The molecule has 3 rings (SSSR count). The lowest BCUT2D eigenvalue weighted by atomic mass is 10.1. The van der Waals surface area contributed by atoms with Crippen molar-refractivity contribution in [3.05, 3.63) is 44.6 Å². The summed E-state index contributed by atoms with van der Waals surface area (Å²) in [4.78, 5) is 10.2. The van der Waals surface area contributed by atoms with Crippen LogP contribution in [0.2, 0.25) is 5.02 Å². The average Bonchev–Trinajstić information content (AvgIpc) is 2.76. The second kappa shape index (κ2) is 4.77. The topological polar surface area (TPSA) is 96.2 Å². The third kappa shape index (κ3) is 2.00. The monoisotopic (exact) mass is 294 g/mol. The zero-order valence-corrected chi connectivity index (χ0v) is 11.1. The highest BCUT2D eigenvalue weighted by Crippen LogP contribution is 2.30. The highest BCUT2D eigenvalue weighted by Gasteiger charge is 2.22. The quantitative estimate of drug-likeness (QED) is 0.676. The van der Waals surface area contributed by atoms with Gasteiger partial charge in [-0.25, -0.2) is 4.68 Å². The van der Waals surface area contributed by atoms with Gasteiger partial charge in [-0.3, -0.25) is 10.1 Å². The lowest BCUT2D eigenvalue weighted by Gasteiger charge is -2.15. The SMILES string of the molecule is Nc1nn(-c2ccc([N+](=O)[O-])cc2Cl)c2c1COCC2. The molecule has 8 heteroatoms. The Morgan fingerprint density at radius 1 is 1.50 bits per heavy atom. The molecule has 0 spiro atoms. The molecule has 0 radical (unpaired) electrons. The molecule has 0 unspecified atom stereocenters. The fourth-order valence-corrected chi connectivity index (χ4v) is 2.50. The van der Waals surface area contributed by atoms with Crippen molar-refractivity contribution < 1.29 is 9.66 Å². The Labute approximate surface area is 119 Å². The summed E-state index contributed by atoms with van der Waals surface area (Å²) >= 11 is 6.12. The van der Waals surface area contributed by atoms with Crippen LogP contribution < -0.4 is 5.73 Å². The van der Waals surface area contributed by atoms with Crippen LogP contribution in [0, 0.1) is 10.1 Å². The minimum absolute atomic E-state index is 0.0592. The Balaban J connectivity index is 2.12. The molecule has 0 saturated carbocycles. The molecular weight excluding hydrogens is 284 g/mol. The number of aromatic nitrogens is 2. The van der Waals surface area contributed by atoms with Crippen LogP contribution in [0.25, 0.3) is 5.69 Å². The molecule has 2 N–H and O–H groups in total. The van der Waals surface area contributed by atoms with Gasteiger partial charge in [0.15, 0.2) is 5.82 Å². The number of hydrogen-bond acceptors (Lipinski definition) is 5. The van der Waals surface area contributed by atoms with Gasteiger partial charge in [0.1, 0.15) is 0 Å². The molecule has 7 nitrogen and oxygen atoms in total. The number of nitro benzene ring substituents is 1. The van der Waals surface area contributed by atoms with Crippen LogP contribution >= 0.6 is 11.6 Å². The van der Waals surface area contributed by atoms with E-state index in [0.29, 0.717) is 31.1 Å². The van der Waals surface area contributed by atoms with Gasteiger partial charge in [0.2, 0.25) is 0 Å². The van der Waals surface area contributed by atoms with Crippen LogP contribution in [0.15, 0.2) is 18.2 Å². The predicted molar refractivity (Wildman–Crippen MR) is 73.0 cm³/mol. The summed E-state index contributed by atoms with van der Waals surface area (Å²) < 4.78 is 6.99. The number of nitrogen functional groups attached to an aromatic ring is 1. The molecule has 1 aromatic carbocycles. The number of halogens is 1. The van der Waals surface area contributed by atoms with Gasteiger partial charge in [0, 0.05) is 24.1 Å². The van der Waals surface area contributed by atoms with Gasteiger partial charge < -0.3 is 10.5 Å². The summed E-state index contributed by atoms with van der Waals surface area (Å²) in [7, 11) is 0. The standard InChI is InChI=1S/C12H11ClN4O3/c13-9-5-7(17(18)19)1-2-11(9)16-10-3-4-20-6-8(10)12(14)15-16/h1-2,5H,3-4,6H2,(H2,14,15). The van der Waals surface area contributed by atoms with E-state index in [1.165, 1.54) is 12.1 Å². The van der Waals surface area contributed by atoms with E-state index in [2.05, 4.69) is 5.10 Å². The molecule has 2 aromatic rings. The van der Waals surface area contributed by atoms with E-state index in [1.54, 1.807) is 10.7 Å². The Morgan fingerprint density at radius 2 is 2.30 bits per heavy atom. The Hall–Kier alpha value is -2.12. The van der Waals surface area contributed by atoms with Crippen LogP contribution in [0.1, 0.15) is 11.3 Å². The van der Waals surface area contributed by atoms with Crippen LogP contribution in [0.4, 0.5) is 11.5 Å². The number of nitro groups is 1. The van der Waals surface area contributed by atoms with E-state index in [9.17, 15) is 10.1 Å². The maximum absolute atomic E-state index is 10.7. The Morgan fingerprint density at radius 3 is 3.00 bits per heavy atom. The summed E-state index contributed by atoms with van der Waals surface area (Å²) in [5.74, 6) is 0.397. The summed E-state index contributed by atoms with van der Waals surface area (Å²) in [6.07, 6.45) is 0.673. The van der Waals surface area contributed by atoms with E-state index in [-0.39, 0.29) is 10.7 Å². The maximum atomic E-state index is 10.7. The van der Waals surface area contributed by atoms with Crippen molar-refractivity contribution in [2.24, 2.45) is 0 Å². The number of nitrogens with zero attached hydrogens (tertiary/aromatic N) is 3. The van der Waals surface area contributed by atoms with Gasteiger partial charge in [-0.1, -0.05) is 11.6 Å². The molecule has 0 atom stereocenters. The summed E-state index contributed by atoms with van der Waals surface area (Å²) in [5.41, 5.74) is 8.17. The molecule has 20 heavy (non-hydrogen) atoms. The molecule has 2 heterocycles. The third-order valence-electron chi connectivity index (χ3n) is 3.22. The van der Waals surface area contributed by atoms with Gasteiger partial charge in [0.05, 0.1) is 34.5 Å². The Bertz CT molecular complexity index is 698. The maximum Gasteiger partial charge on any atom is 0.271 e. The normalized spacial score (nSPS) is 14.1. The van der Waals surface area contributed by atoms with Gasteiger partial charge in [-0.05, 0) is 6.07 Å². The number of fused-ring (bicyclic) bond motifs is 1. The van der Waals surface area contributed by atoms with Gasteiger partial charge in [-0.15, -0.1) is 5.10 Å². The van der Waals surface area contributed by atoms with Crippen LogP contribution in [-0.2, 0) is 17.8 Å². The molecule has 0 bridgehead atoms. The Kier molecular flexibility index (Phi) is 3.07. The van der Waals surface area contributed by atoms with Crippen molar-refractivity contribution in [2.45, 2.75) is 13.0 Å². The summed E-state index contributed by atoms with van der Waals surface area (Å²) in [6, 6.07) is 4.27. The summed E-state index contributed by atoms with van der Waals surface area (Å²) in [6.45, 7) is 1.01. The van der Waals surface area contributed by atoms with Crippen molar-refractivity contribution in [3.63, 3.8) is 0 Å². The second-order valence-electron chi connectivity index (χ2n) is 4.42. The summed E-state index contributed by atoms with van der Waals surface area (Å²) in [5, 5.41) is 15.2. The molecule has 0 amide bonds. The van der Waals surface area contributed by atoms with Crippen molar-refractivity contribution in [2.75, 3.05) is 12.3 Å². The minimum atomic E-state index is -0.490. The van der Waals surface area contributed by atoms with Crippen molar-refractivity contribution in [3.8, 4) is 5.69 Å². The average molecular weight is 295 g/mol. The number of benzene rings is 1. The van der Waals surface area contributed by atoms with E-state index in [4.69, 9.17) is 22.1 Å². The van der Waals surface area contributed by atoms with Gasteiger partial charge >= 0.3 is 0 Å². The van der Waals surface area contributed by atoms with E-state index >= 15 is 0 Å². The predicted octanol–water partition coefficient (Wildman–Crippen LogP) is 2.09. The fourth-order valence-electron chi connectivity index (χ4n) is 2.24. The van der Waals surface area contributed by atoms with E-state index < -0.39 is 4.92 Å². The van der Waals surface area contributed by atoms with Gasteiger partial charge in [0.25, 0.3) is 5.69 Å². The first-order valence-corrected chi connectivity index (χ1v) is 6.34. The molecule has 0 fully saturated rings. The number of non-ortho nitro benzene ring substituents is 1. The van der Waals surface area contributed by atoms with Crippen molar-refractivity contribution in [1.29, 1.82) is 0 Å². The first-order valence-electron chi connectivity index (χ1n) is 5.96. The first kappa shape index (κ1) is 12.9. The zero-order valence-electron chi connectivity index (χ0n) is 10.4. The highest BCUT2D eigenvalue weighted by molar-refractivity contribution is 6.32. The molecule has 104 valence electrons. The molecule has 1 aliphatic rings. The lowest BCUT2D eigenvalue weighted by molar-refractivity contribution is -0.384. The number of hydrogen-bond donors (Lipinski definition) is 1. The van der Waals surface area contributed by atoms with Crippen LogP contribution in [0.3, 0.4) is 0 Å². The largest absolute Gasteiger partial charge is 0.382 e. The molecule has 0 aliphatic carbocycles. The first-order chi connectivity index (χ1) is 9.58. The molecule has 0 saturated heterocycles. The smallest absolute Gasteiger partial charge is 0.271 e. The van der Waals surface area contributed by atoms with E-state index in [0.717, 1.165) is 11.3 Å². The van der Waals surface area contributed by atoms with Crippen molar-refractivity contribution >= 4 is 23.1 Å². The fraction of sp³-hybridized carbons (Fsp3) is 0.250. The second-order valence-corrected chi connectivity index (χ2v) is 4.82. The van der Waals surface area contributed by atoms with Gasteiger partial charge in [-0.2, -0.15) is 0 Å². The molecule has 1 aromatic heterocycles. The number of rotatable bonds is 2. The number of nitrogens with two attached hydrogens (primary N) is 1. The van der Waals surface area contributed by atoms with Crippen molar-refractivity contribution in [1.82, 2.24) is 9.78 Å². The van der Waals surface area contributed by atoms with Crippen LogP contribution in [-0.4, -0.2) is 21.3 Å². The van der Waals surface area contributed by atoms with E-state index in [1.807, 2.05) is 0 Å². The lowest BCUT2D eigenvalue weighted by Crippen LogP contribution is -2.13.